The van der Waals surface area contributed by atoms with E-state index in [1.54, 1.807) is 6.33 Å². The van der Waals surface area contributed by atoms with Gasteiger partial charge in [-0.15, -0.1) is 0 Å². The minimum absolute atomic E-state index is 0.325. The minimum atomic E-state index is 0.325. The molecule has 0 aromatic carbocycles. The fourth-order valence-electron chi connectivity index (χ4n) is 3.48. The average molecular weight is 276 g/mol. The van der Waals surface area contributed by atoms with Gasteiger partial charge in [0, 0.05) is 18.2 Å². The third-order valence-corrected chi connectivity index (χ3v) is 4.58. The van der Waals surface area contributed by atoms with Gasteiger partial charge in [0.05, 0.1) is 0 Å². The van der Waals surface area contributed by atoms with Gasteiger partial charge in [-0.2, -0.15) is 0 Å². The summed E-state index contributed by atoms with van der Waals surface area (Å²) in [5, 5.41) is 3.65. The van der Waals surface area contributed by atoms with Crippen LogP contribution in [0.4, 0.5) is 11.6 Å². The fraction of sp³-hybridized carbons (Fsp3) is 0.714. The van der Waals surface area contributed by atoms with E-state index in [0.717, 1.165) is 29.7 Å². The maximum atomic E-state index is 5.57. The standard InChI is InChI=1S/C14H24N6/c1-9(2)12-13(16-8-17-14(12)19-15)18-11-7-20-5-3-10(11)4-6-20/h8-11H,3-7,15H2,1-2H3,(H2,16,17,18,19). The first-order valence-electron chi connectivity index (χ1n) is 7.49. The second kappa shape index (κ2) is 5.54. The van der Waals surface area contributed by atoms with Crippen LogP contribution in [0.1, 0.15) is 38.2 Å². The molecule has 1 atom stereocenters. The lowest BCUT2D eigenvalue weighted by Gasteiger charge is -2.45. The van der Waals surface area contributed by atoms with E-state index < -0.39 is 0 Å². The van der Waals surface area contributed by atoms with Crippen LogP contribution in [-0.2, 0) is 0 Å². The van der Waals surface area contributed by atoms with E-state index >= 15 is 0 Å². The Bertz CT molecular complexity index is 467. The molecule has 0 aliphatic carbocycles. The van der Waals surface area contributed by atoms with Crippen molar-refractivity contribution in [3.63, 3.8) is 0 Å². The third kappa shape index (κ3) is 2.45. The zero-order valence-electron chi connectivity index (χ0n) is 12.3. The molecule has 0 radical (unpaired) electrons. The van der Waals surface area contributed by atoms with Crippen molar-refractivity contribution < 1.29 is 0 Å². The van der Waals surface area contributed by atoms with Crippen LogP contribution in [-0.4, -0.2) is 40.5 Å². The molecule has 6 nitrogen and oxygen atoms in total. The first-order chi connectivity index (χ1) is 9.69. The Labute approximate surface area is 120 Å². The predicted octanol–water partition coefficient (Wildman–Crippen LogP) is 1.39. The Morgan fingerprint density at radius 2 is 1.95 bits per heavy atom. The van der Waals surface area contributed by atoms with Crippen LogP contribution in [0.2, 0.25) is 0 Å². The zero-order valence-corrected chi connectivity index (χ0v) is 12.3. The van der Waals surface area contributed by atoms with Gasteiger partial charge in [0.25, 0.3) is 0 Å². The molecule has 2 bridgehead atoms. The maximum Gasteiger partial charge on any atom is 0.148 e. The van der Waals surface area contributed by atoms with Gasteiger partial charge in [0.2, 0.25) is 0 Å². The van der Waals surface area contributed by atoms with Crippen molar-refractivity contribution in [1.29, 1.82) is 0 Å². The van der Waals surface area contributed by atoms with E-state index in [-0.39, 0.29) is 0 Å². The SMILES string of the molecule is CC(C)c1c(NN)ncnc1NC1CN2CCC1CC2. The second-order valence-corrected chi connectivity index (χ2v) is 6.17. The van der Waals surface area contributed by atoms with Crippen molar-refractivity contribution in [1.82, 2.24) is 14.9 Å². The van der Waals surface area contributed by atoms with E-state index in [0.29, 0.717) is 12.0 Å². The van der Waals surface area contributed by atoms with Crippen molar-refractivity contribution in [3.05, 3.63) is 11.9 Å². The van der Waals surface area contributed by atoms with Gasteiger partial charge in [-0.1, -0.05) is 13.8 Å². The van der Waals surface area contributed by atoms with Crippen LogP contribution in [0.25, 0.3) is 0 Å². The maximum absolute atomic E-state index is 5.57. The quantitative estimate of drug-likeness (QED) is 0.570. The summed E-state index contributed by atoms with van der Waals surface area (Å²) >= 11 is 0. The molecule has 1 unspecified atom stereocenters. The normalized spacial score (nSPS) is 28.7. The summed E-state index contributed by atoms with van der Waals surface area (Å²) in [4.78, 5) is 11.2. The number of nitrogen functional groups attached to an aromatic ring is 1. The monoisotopic (exact) mass is 276 g/mol. The van der Waals surface area contributed by atoms with E-state index in [2.05, 4.69) is 39.5 Å². The Morgan fingerprint density at radius 3 is 2.50 bits per heavy atom. The largest absolute Gasteiger partial charge is 0.365 e. The van der Waals surface area contributed by atoms with E-state index in [1.165, 1.54) is 25.9 Å². The fourth-order valence-corrected chi connectivity index (χ4v) is 3.48. The predicted molar refractivity (Wildman–Crippen MR) is 80.5 cm³/mol. The molecule has 110 valence electrons. The molecule has 0 amide bonds. The number of fused-ring (bicyclic) bond motifs is 3. The van der Waals surface area contributed by atoms with Crippen LogP contribution >= 0.6 is 0 Å². The van der Waals surface area contributed by atoms with Gasteiger partial charge < -0.3 is 15.6 Å². The molecule has 4 rings (SSSR count). The Hall–Kier alpha value is -1.40. The lowest BCUT2D eigenvalue weighted by Crippen LogP contribution is -2.53. The van der Waals surface area contributed by atoms with Crippen LogP contribution in [0.15, 0.2) is 6.33 Å². The van der Waals surface area contributed by atoms with Gasteiger partial charge in [0.15, 0.2) is 0 Å². The molecule has 0 spiro atoms. The number of hydrazine groups is 1. The van der Waals surface area contributed by atoms with Crippen LogP contribution < -0.4 is 16.6 Å². The van der Waals surface area contributed by atoms with Crippen molar-refractivity contribution in [2.75, 3.05) is 30.4 Å². The first-order valence-corrected chi connectivity index (χ1v) is 7.49. The van der Waals surface area contributed by atoms with Crippen molar-refractivity contribution in [2.45, 2.75) is 38.6 Å². The number of hydrogen-bond acceptors (Lipinski definition) is 6. The molecule has 3 saturated heterocycles. The van der Waals surface area contributed by atoms with Crippen molar-refractivity contribution >= 4 is 11.6 Å². The summed E-state index contributed by atoms with van der Waals surface area (Å²) in [6.45, 7) is 7.90. The van der Waals surface area contributed by atoms with Crippen molar-refractivity contribution in [2.24, 2.45) is 11.8 Å². The van der Waals surface area contributed by atoms with Crippen LogP contribution in [0, 0.1) is 5.92 Å². The molecule has 3 aliphatic rings. The molecule has 4 heterocycles. The van der Waals surface area contributed by atoms with E-state index in [1.807, 2.05) is 0 Å². The van der Waals surface area contributed by atoms with Gasteiger partial charge in [-0.05, 0) is 37.8 Å². The minimum Gasteiger partial charge on any atom is -0.365 e. The summed E-state index contributed by atoms with van der Waals surface area (Å²) in [5.74, 6) is 8.32. The number of aromatic nitrogens is 2. The van der Waals surface area contributed by atoms with Crippen LogP contribution in [0.5, 0.6) is 0 Å². The summed E-state index contributed by atoms with van der Waals surface area (Å²) in [5.41, 5.74) is 3.76. The highest BCUT2D eigenvalue weighted by molar-refractivity contribution is 5.59. The average Bonchev–Trinajstić information content (AvgIpc) is 2.48. The number of rotatable bonds is 4. The molecule has 3 fully saturated rings. The Balaban J connectivity index is 1.83. The Kier molecular flexibility index (Phi) is 3.76. The molecule has 1 aromatic rings. The van der Waals surface area contributed by atoms with Gasteiger partial charge in [-0.25, -0.2) is 15.8 Å². The highest BCUT2D eigenvalue weighted by atomic mass is 15.3. The lowest BCUT2D eigenvalue weighted by atomic mass is 9.84. The molecule has 20 heavy (non-hydrogen) atoms. The summed E-state index contributed by atoms with van der Waals surface area (Å²) in [7, 11) is 0. The number of nitrogens with zero attached hydrogens (tertiary/aromatic N) is 3. The molecule has 6 heteroatoms. The molecular weight excluding hydrogens is 252 g/mol. The topological polar surface area (TPSA) is 79.1 Å². The second-order valence-electron chi connectivity index (χ2n) is 6.17. The van der Waals surface area contributed by atoms with E-state index in [9.17, 15) is 0 Å². The van der Waals surface area contributed by atoms with E-state index in [4.69, 9.17) is 5.84 Å². The summed E-state index contributed by atoms with van der Waals surface area (Å²) in [6, 6.07) is 0.496. The number of hydrogen-bond donors (Lipinski definition) is 3. The third-order valence-electron chi connectivity index (χ3n) is 4.58. The smallest absolute Gasteiger partial charge is 0.148 e. The van der Waals surface area contributed by atoms with Gasteiger partial charge in [-0.3, -0.25) is 0 Å². The van der Waals surface area contributed by atoms with Gasteiger partial charge >= 0.3 is 0 Å². The number of nitrogens with one attached hydrogen (secondary N) is 2. The molecule has 1 aromatic heterocycles. The Morgan fingerprint density at radius 1 is 1.25 bits per heavy atom. The van der Waals surface area contributed by atoms with Gasteiger partial charge in [0.1, 0.15) is 18.0 Å². The zero-order chi connectivity index (χ0) is 14.1. The highest BCUT2D eigenvalue weighted by Gasteiger charge is 2.34. The molecule has 0 saturated carbocycles. The highest BCUT2D eigenvalue weighted by Crippen LogP contribution is 2.33. The van der Waals surface area contributed by atoms with Crippen LogP contribution in [0.3, 0.4) is 0 Å². The number of nitrogens with two attached hydrogens (primary N) is 1. The molecule has 4 N–H and O–H groups in total. The first kappa shape index (κ1) is 13.6. The number of piperidine rings is 3. The van der Waals surface area contributed by atoms with Crippen molar-refractivity contribution in [3.8, 4) is 0 Å². The molecule has 3 aliphatic heterocycles. The summed E-state index contributed by atoms with van der Waals surface area (Å²) < 4.78 is 0. The number of anilines is 2. The summed E-state index contributed by atoms with van der Waals surface area (Å²) in [6.07, 6.45) is 4.16. The lowest BCUT2D eigenvalue weighted by molar-refractivity contribution is 0.0973. The molecular formula is C14H24N6.